The van der Waals surface area contributed by atoms with Crippen LogP contribution in [-0.2, 0) is 9.59 Å². The molecular weight excluding hydrogens is 299 g/mol. The molecule has 7 heteroatoms. The van der Waals surface area contributed by atoms with Crippen LogP contribution in [0.15, 0.2) is 18.2 Å². The van der Waals surface area contributed by atoms with Crippen LogP contribution in [0, 0.1) is 5.82 Å². The molecule has 1 aliphatic carbocycles. The second kappa shape index (κ2) is 6.41. The molecule has 1 fully saturated rings. The maximum atomic E-state index is 13.0. The van der Waals surface area contributed by atoms with Crippen molar-refractivity contribution in [1.82, 2.24) is 5.32 Å². The van der Waals surface area contributed by atoms with Crippen molar-refractivity contribution in [3.63, 3.8) is 0 Å². The van der Waals surface area contributed by atoms with Crippen LogP contribution < -0.4 is 10.6 Å². The Hall–Kier alpha value is -1.66. The van der Waals surface area contributed by atoms with Gasteiger partial charge >= 0.3 is 11.8 Å². The van der Waals surface area contributed by atoms with Gasteiger partial charge in [0, 0.05) is 12.2 Å². The number of carbonyl (C=O) groups excluding carboxylic acids is 2. The Kier molecular flexibility index (Phi) is 4.80. The van der Waals surface area contributed by atoms with Crippen molar-refractivity contribution >= 4 is 29.1 Å². The number of hydrogen-bond acceptors (Lipinski definition) is 3. The molecule has 21 heavy (non-hydrogen) atoms. The lowest BCUT2D eigenvalue weighted by Crippen LogP contribution is -2.44. The lowest BCUT2D eigenvalue weighted by molar-refractivity contribution is -0.136. The third-order valence-electron chi connectivity index (χ3n) is 3.50. The Balaban J connectivity index is 1.87. The van der Waals surface area contributed by atoms with Crippen LogP contribution in [0.1, 0.15) is 25.7 Å². The van der Waals surface area contributed by atoms with Crippen molar-refractivity contribution in [3.8, 4) is 0 Å². The fourth-order valence-electron chi connectivity index (χ4n) is 2.30. The maximum Gasteiger partial charge on any atom is 0.313 e. The Morgan fingerprint density at radius 2 is 1.95 bits per heavy atom. The molecule has 0 atom stereocenters. The molecule has 114 valence electrons. The summed E-state index contributed by atoms with van der Waals surface area (Å²) in [6.07, 6.45) is 3.05. The number of anilines is 1. The first-order valence-corrected chi connectivity index (χ1v) is 7.04. The third kappa shape index (κ3) is 4.15. The van der Waals surface area contributed by atoms with Gasteiger partial charge in [-0.25, -0.2) is 4.39 Å². The van der Waals surface area contributed by atoms with E-state index in [0.717, 1.165) is 18.9 Å². The minimum absolute atomic E-state index is 0.0451. The first kappa shape index (κ1) is 15.7. The minimum atomic E-state index is -0.922. The van der Waals surface area contributed by atoms with Crippen molar-refractivity contribution in [2.75, 3.05) is 11.9 Å². The van der Waals surface area contributed by atoms with Gasteiger partial charge < -0.3 is 15.7 Å². The monoisotopic (exact) mass is 314 g/mol. The van der Waals surface area contributed by atoms with Crippen molar-refractivity contribution in [1.29, 1.82) is 0 Å². The number of hydrogen-bond donors (Lipinski definition) is 3. The number of halogens is 2. The quantitative estimate of drug-likeness (QED) is 0.745. The fraction of sp³-hybridized carbons (Fsp3) is 0.429. The molecule has 1 aromatic carbocycles. The summed E-state index contributed by atoms with van der Waals surface area (Å²) in [6, 6.07) is 3.61. The number of amides is 2. The molecule has 0 spiro atoms. The van der Waals surface area contributed by atoms with Gasteiger partial charge in [-0.2, -0.15) is 0 Å². The Labute approximate surface area is 126 Å². The third-order valence-corrected chi connectivity index (χ3v) is 3.79. The normalized spacial score (nSPS) is 16.5. The minimum Gasteiger partial charge on any atom is -0.388 e. The summed E-state index contributed by atoms with van der Waals surface area (Å²) < 4.78 is 13.0. The van der Waals surface area contributed by atoms with Crippen molar-refractivity contribution in [2.45, 2.75) is 31.3 Å². The zero-order chi connectivity index (χ0) is 15.5. The second-order valence-electron chi connectivity index (χ2n) is 5.20. The molecule has 5 nitrogen and oxygen atoms in total. The van der Waals surface area contributed by atoms with Gasteiger partial charge in [0.2, 0.25) is 0 Å². The van der Waals surface area contributed by atoms with E-state index in [9.17, 15) is 19.1 Å². The smallest absolute Gasteiger partial charge is 0.313 e. The number of carbonyl (C=O) groups is 2. The van der Waals surface area contributed by atoms with E-state index < -0.39 is 23.2 Å². The topological polar surface area (TPSA) is 78.4 Å². The van der Waals surface area contributed by atoms with Crippen LogP contribution in [0.5, 0.6) is 0 Å². The van der Waals surface area contributed by atoms with Crippen LogP contribution in [-0.4, -0.2) is 29.1 Å². The largest absolute Gasteiger partial charge is 0.388 e. The number of benzene rings is 1. The van der Waals surface area contributed by atoms with Crippen LogP contribution >= 0.6 is 11.6 Å². The summed E-state index contributed by atoms with van der Waals surface area (Å²) in [5, 5.41) is 14.6. The summed E-state index contributed by atoms with van der Waals surface area (Å²) in [5.41, 5.74) is -0.698. The maximum absolute atomic E-state index is 13.0. The van der Waals surface area contributed by atoms with Gasteiger partial charge in [0.05, 0.1) is 10.6 Å². The number of nitrogens with one attached hydrogen (secondary N) is 2. The highest BCUT2D eigenvalue weighted by molar-refractivity contribution is 6.39. The van der Waals surface area contributed by atoms with Gasteiger partial charge in [-0.3, -0.25) is 9.59 Å². The average Bonchev–Trinajstić information content (AvgIpc) is 2.87. The molecule has 0 aromatic heterocycles. The second-order valence-corrected chi connectivity index (χ2v) is 5.60. The lowest BCUT2D eigenvalue weighted by Gasteiger charge is -2.22. The zero-order valence-electron chi connectivity index (χ0n) is 11.3. The van der Waals surface area contributed by atoms with E-state index in [-0.39, 0.29) is 17.3 Å². The standard InChI is InChI=1S/C14H16ClFN2O3/c15-10-7-9(3-4-11(10)16)18-13(20)12(19)17-8-14(21)5-1-2-6-14/h3-4,7,21H,1-2,5-6,8H2,(H,17,19)(H,18,20). The summed E-state index contributed by atoms with van der Waals surface area (Å²) in [7, 11) is 0. The Morgan fingerprint density at radius 3 is 2.57 bits per heavy atom. The molecule has 0 aliphatic heterocycles. The Morgan fingerprint density at radius 1 is 1.29 bits per heavy atom. The molecule has 0 radical (unpaired) electrons. The van der Waals surface area contributed by atoms with E-state index in [1.54, 1.807) is 0 Å². The molecule has 0 bridgehead atoms. The summed E-state index contributed by atoms with van der Waals surface area (Å²) in [4.78, 5) is 23.3. The highest BCUT2D eigenvalue weighted by atomic mass is 35.5. The fourth-order valence-corrected chi connectivity index (χ4v) is 2.48. The van der Waals surface area contributed by atoms with Crippen molar-refractivity contribution in [2.24, 2.45) is 0 Å². The van der Waals surface area contributed by atoms with Crippen molar-refractivity contribution < 1.29 is 19.1 Å². The molecular formula is C14H16ClFN2O3. The SMILES string of the molecule is O=C(NCC1(O)CCCC1)C(=O)Nc1ccc(F)c(Cl)c1. The first-order valence-electron chi connectivity index (χ1n) is 6.66. The van der Waals surface area contributed by atoms with Gasteiger partial charge in [-0.05, 0) is 31.0 Å². The van der Waals surface area contributed by atoms with Gasteiger partial charge in [0.25, 0.3) is 0 Å². The molecule has 1 aliphatic rings. The molecule has 1 saturated carbocycles. The molecule has 2 rings (SSSR count). The molecule has 0 unspecified atom stereocenters. The molecule has 0 saturated heterocycles. The predicted molar refractivity (Wildman–Crippen MR) is 76.5 cm³/mol. The van der Waals surface area contributed by atoms with Gasteiger partial charge in [-0.15, -0.1) is 0 Å². The van der Waals surface area contributed by atoms with E-state index in [0.29, 0.717) is 12.8 Å². The predicted octanol–water partition coefficient (Wildman–Crippen LogP) is 1.84. The molecule has 0 heterocycles. The average molecular weight is 315 g/mol. The zero-order valence-corrected chi connectivity index (χ0v) is 12.0. The van der Waals surface area contributed by atoms with Crippen LogP contribution in [0.4, 0.5) is 10.1 Å². The van der Waals surface area contributed by atoms with Crippen LogP contribution in [0.3, 0.4) is 0 Å². The van der Waals surface area contributed by atoms with E-state index in [1.165, 1.54) is 12.1 Å². The van der Waals surface area contributed by atoms with Crippen LogP contribution in [0.2, 0.25) is 5.02 Å². The van der Waals surface area contributed by atoms with E-state index >= 15 is 0 Å². The molecule has 1 aromatic rings. The van der Waals surface area contributed by atoms with Crippen molar-refractivity contribution in [3.05, 3.63) is 29.0 Å². The number of aliphatic hydroxyl groups is 1. The van der Waals surface area contributed by atoms with E-state index in [1.807, 2.05) is 0 Å². The lowest BCUT2D eigenvalue weighted by atomic mass is 10.0. The summed E-state index contributed by atoms with van der Waals surface area (Å²) in [6.45, 7) is 0.0451. The summed E-state index contributed by atoms with van der Waals surface area (Å²) in [5.74, 6) is -2.35. The van der Waals surface area contributed by atoms with E-state index in [4.69, 9.17) is 11.6 Å². The molecule has 3 N–H and O–H groups in total. The Bertz CT molecular complexity index is 559. The van der Waals surface area contributed by atoms with Gasteiger partial charge in [-0.1, -0.05) is 24.4 Å². The molecule has 2 amide bonds. The van der Waals surface area contributed by atoms with Crippen LogP contribution in [0.25, 0.3) is 0 Å². The first-order chi connectivity index (χ1) is 9.89. The number of rotatable bonds is 3. The van der Waals surface area contributed by atoms with E-state index in [2.05, 4.69) is 10.6 Å². The van der Waals surface area contributed by atoms with Gasteiger partial charge in [0.1, 0.15) is 5.82 Å². The highest BCUT2D eigenvalue weighted by Gasteiger charge is 2.32. The summed E-state index contributed by atoms with van der Waals surface area (Å²) >= 11 is 5.58. The highest BCUT2D eigenvalue weighted by Crippen LogP contribution is 2.28. The van der Waals surface area contributed by atoms with Gasteiger partial charge in [0.15, 0.2) is 0 Å².